The van der Waals surface area contributed by atoms with Gasteiger partial charge < -0.3 is 5.11 Å². The van der Waals surface area contributed by atoms with Crippen molar-refractivity contribution < 1.29 is 13.5 Å². The topological polar surface area (TPSA) is 54.4 Å². The van der Waals surface area contributed by atoms with Crippen LogP contribution in [0.3, 0.4) is 0 Å². The van der Waals surface area contributed by atoms with Crippen molar-refractivity contribution in [1.29, 1.82) is 0 Å². The van der Waals surface area contributed by atoms with E-state index < -0.39 is 9.84 Å². The summed E-state index contributed by atoms with van der Waals surface area (Å²) in [6.45, 7) is 1.94. The third-order valence-corrected chi connectivity index (χ3v) is 6.02. The largest absolute Gasteiger partial charge is 0.396 e. The normalized spacial score (nSPS) is 49.8. The number of sulfone groups is 1. The molecule has 1 aliphatic heterocycles. The molecule has 0 bridgehead atoms. The standard InChI is InChI=1S/C8H14O3S/c1-6-8(4-7(8)5-9)2-3-12(6,10)11/h6-7,9H,2-5H2,1H3. The van der Waals surface area contributed by atoms with Gasteiger partial charge in [0, 0.05) is 6.61 Å². The van der Waals surface area contributed by atoms with Crippen molar-refractivity contribution in [2.75, 3.05) is 12.4 Å². The molecule has 4 heteroatoms. The molecule has 1 aliphatic carbocycles. The zero-order valence-corrected chi connectivity index (χ0v) is 7.97. The van der Waals surface area contributed by atoms with E-state index in [4.69, 9.17) is 5.11 Å². The van der Waals surface area contributed by atoms with Gasteiger partial charge in [-0.1, -0.05) is 0 Å². The van der Waals surface area contributed by atoms with Gasteiger partial charge in [-0.15, -0.1) is 0 Å². The van der Waals surface area contributed by atoms with E-state index in [-0.39, 0.29) is 23.2 Å². The predicted octanol–water partition coefficient (Wildman–Crippen LogP) is 0.192. The summed E-state index contributed by atoms with van der Waals surface area (Å²) in [5.74, 6) is 0.578. The second-order valence-electron chi connectivity index (χ2n) is 4.08. The smallest absolute Gasteiger partial charge is 0.153 e. The van der Waals surface area contributed by atoms with Gasteiger partial charge in [0.2, 0.25) is 0 Å². The Kier molecular flexibility index (Phi) is 1.58. The van der Waals surface area contributed by atoms with E-state index in [1.807, 2.05) is 0 Å². The number of rotatable bonds is 1. The molecule has 0 aromatic heterocycles. The first kappa shape index (κ1) is 8.51. The highest BCUT2D eigenvalue weighted by atomic mass is 32.2. The molecule has 2 fully saturated rings. The maximum Gasteiger partial charge on any atom is 0.153 e. The highest BCUT2D eigenvalue weighted by Gasteiger charge is 2.63. The van der Waals surface area contributed by atoms with Crippen LogP contribution in [0, 0.1) is 11.3 Å². The first-order valence-corrected chi connectivity index (χ1v) is 6.07. The van der Waals surface area contributed by atoms with E-state index in [0.29, 0.717) is 5.75 Å². The average molecular weight is 190 g/mol. The van der Waals surface area contributed by atoms with Crippen LogP contribution in [0.25, 0.3) is 0 Å². The molecule has 1 spiro atoms. The summed E-state index contributed by atoms with van der Waals surface area (Å²) in [4.78, 5) is 0. The first-order valence-electron chi connectivity index (χ1n) is 4.35. The summed E-state index contributed by atoms with van der Waals surface area (Å²) in [6, 6.07) is 0. The lowest BCUT2D eigenvalue weighted by Crippen LogP contribution is -2.21. The molecule has 70 valence electrons. The van der Waals surface area contributed by atoms with Crippen molar-refractivity contribution in [2.45, 2.75) is 25.0 Å². The van der Waals surface area contributed by atoms with Crippen LogP contribution in [-0.4, -0.2) is 31.1 Å². The molecule has 1 saturated heterocycles. The van der Waals surface area contributed by atoms with Gasteiger partial charge in [-0.3, -0.25) is 0 Å². The van der Waals surface area contributed by atoms with Gasteiger partial charge >= 0.3 is 0 Å². The van der Waals surface area contributed by atoms with E-state index in [0.717, 1.165) is 12.8 Å². The highest BCUT2D eigenvalue weighted by Crippen LogP contribution is 2.62. The summed E-state index contributed by atoms with van der Waals surface area (Å²) in [5.41, 5.74) is -0.0341. The number of aliphatic hydroxyl groups is 1. The minimum atomic E-state index is -2.82. The third-order valence-electron chi connectivity index (χ3n) is 3.70. The van der Waals surface area contributed by atoms with Crippen molar-refractivity contribution in [3.63, 3.8) is 0 Å². The third kappa shape index (κ3) is 0.879. The molecule has 2 aliphatic rings. The molecule has 3 unspecified atom stereocenters. The Labute approximate surface area is 72.7 Å². The zero-order chi connectivity index (χ0) is 8.98. The lowest BCUT2D eigenvalue weighted by molar-refractivity contribution is 0.248. The van der Waals surface area contributed by atoms with Crippen molar-refractivity contribution in [1.82, 2.24) is 0 Å². The van der Waals surface area contributed by atoms with Crippen LogP contribution in [0.1, 0.15) is 19.8 Å². The maximum absolute atomic E-state index is 11.4. The fraction of sp³-hybridized carbons (Fsp3) is 1.00. The number of hydrogen-bond donors (Lipinski definition) is 1. The van der Waals surface area contributed by atoms with E-state index in [1.165, 1.54) is 0 Å². The van der Waals surface area contributed by atoms with Gasteiger partial charge in [0.05, 0.1) is 11.0 Å². The van der Waals surface area contributed by atoms with Crippen molar-refractivity contribution in [3.8, 4) is 0 Å². The Morgan fingerprint density at radius 3 is 2.58 bits per heavy atom. The van der Waals surface area contributed by atoms with E-state index >= 15 is 0 Å². The molecule has 3 atom stereocenters. The lowest BCUT2D eigenvalue weighted by atomic mass is 9.97. The molecule has 1 N–H and O–H groups in total. The highest BCUT2D eigenvalue weighted by molar-refractivity contribution is 7.92. The number of aliphatic hydroxyl groups excluding tert-OH is 1. The molecule has 3 nitrogen and oxygen atoms in total. The minimum absolute atomic E-state index is 0.0341. The molecule has 0 aromatic carbocycles. The minimum Gasteiger partial charge on any atom is -0.396 e. The monoisotopic (exact) mass is 190 g/mol. The van der Waals surface area contributed by atoms with Crippen LogP contribution in [0.5, 0.6) is 0 Å². The van der Waals surface area contributed by atoms with Gasteiger partial charge in [0.15, 0.2) is 9.84 Å². The van der Waals surface area contributed by atoms with Crippen molar-refractivity contribution in [3.05, 3.63) is 0 Å². The summed E-state index contributed by atoms with van der Waals surface area (Å²) in [6.07, 6.45) is 1.67. The molecule has 1 heterocycles. The van der Waals surface area contributed by atoms with Crippen molar-refractivity contribution in [2.24, 2.45) is 11.3 Å². The molecular weight excluding hydrogens is 176 g/mol. The van der Waals surface area contributed by atoms with Gasteiger partial charge in [0.1, 0.15) is 0 Å². The van der Waals surface area contributed by atoms with Crippen molar-refractivity contribution >= 4 is 9.84 Å². The van der Waals surface area contributed by atoms with Gasteiger partial charge in [0.25, 0.3) is 0 Å². The second kappa shape index (κ2) is 2.23. The van der Waals surface area contributed by atoms with Crippen LogP contribution < -0.4 is 0 Å². The van der Waals surface area contributed by atoms with Gasteiger partial charge in [-0.2, -0.15) is 0 Å². The molecule has 1 saturated carbocycles. The molecule has 2 rings (SSSR count). The Morgan fingerprint density at radius 2 is 2.25 bits per heavy atom. The summed E-state index contributed by atoms with van der Waals surface area (Å²) in [5, 5.41) is 8.70. The number of hydrogen-bond acceptors (Lipinski definition) is 3. The average Bonchev–Trinajstić information content (AvgIpc) is 2.70. The van der Waals surface area contributed by atoms with Crippen LogP contribution in [0.2, 0.25) is 0 Å². The molecule has 0 aromatic rings. The van der Waals surface area contributed by atoms with Crippen LogP contribution >= 0.6 is 0 Å². The molecule has 0 radical (unpaired) electrons. The lowest BCUT2D eigenvalue weighted by Gasteiger charge is -2.12. The van der Waals surface area contributed by atoms with Crippen LogP contribution in [0.4, 0.5) is 0 Å². The Balaban J connectivity index is 2.25. The maximum atomic E-state index is 11.4. The van der Waals surface area contributed by atoms with E-state index in [2.05, 4.69) is 0 Å². The second-order valence-corrected chi connectivity index (χ2v) is 6.52. The fourth-order valence-corrected chi connectivity index (χ4v) is 4.66. The summed E-state index contributed by atoms with van der Waals surface area (Å²) < 4.78 is 22.8. The van der Waals surface area contributed by atoms with Crippen LogP contribution in [0.15, 0.2) is 0 Å². The quantitative estimate of drug-likeness (QED) is 0.642. The predicted molar refractivity (Wildman–Crippen MR) is 45.5 cm³/mol. The molecular formula is C8H14O3S. The first-order chi connectivity index (χ1) is 5.53. The van der Waals surface area contributed by atoms with Gasteiger partial charge in [-0.05, 0) is 31.1 Å². The van der Waals surface area contributed by atoms with E-state index in [9.17, 15) is 8.42 Å². The van der Waals surface area contributed by atoms with E-state index in [1.54, 1.807) is 6.92 Å². The fourth-order valence-electron chi connectivity index (χ4n) is 2.52. The van der Waals surface area contributed by atoms with Gasteiger partial charge in [-0.25, -0.2) is 8.42 Å². The Bertz CT molecular complexity index is 295. The zero-order valence-electron chi connectivity index (χ0n) is 7.16. The SMILES string of the molecule is CC1C2(CCS1(=O)=O)CC2CO. The van der Waals surface area contributed by atoms with Crippen LogP contribution in [-0.2, 0) is 9.84 Å². The molecule has 12 heavy (non-hydrogen) atoms. The Morgan fingerprint density at radius 1 is 1.58 bits per heavy atom. The Hall–Kier alpha value is -0.0900. The summed E-state index contributed by atoms with van der Waals surface area (Å²) >= 11 is 0. The summed E-state index contributed by atoms with van der Waals surface area (Å²) in [7, 11) is -2.82. The molecule has 0 amide bonds.